The summed E-state index contributed by atoms with van der Waals surface area (Å²) in [5.74, 6) is -1.54. The molecule has 1 aromatic carbocycles. The van der Waals surface area contributed by atoms with Crippen LogP contribution in [0.4, 0.5) is 30.4 Å². The van der Waals surface area contributed by atoms with E-state index in [4.69, 9.17) is 4.74 Å². The summed E-state index contributed by atoms with van der Waals surface area (Å²) >= 11 is 0. The quantitative estimate of drug-likeness (QED) is 0.856. The van der Waals surface area contributed by atoms with Crippen molar-refractivity contribution in [3.63, 3.8) is 0 Å². The molecule has 25 heavy (non-hydrogen) atoms. The van der Waals surface area contributed by atoms with Gasteiger partial charge in [-0.2, -0.15) is 13.2 Å². The minimum absolute atomic E-state index is 0.359. The largest absolute Gasteiger partial charge is 0.454 e. The van der Waals surface area contributed by atoms with Gasteiger partial charge in [-0.15, -0.1) is 0 Å². The number of pyridine rings is 1. The van der Waals surface area contributed by atoms with E-state index < -0.39 is 17.5 Å². The van der Waals surface area contributed by atoms with Gasteiger partial charge in [0.25, 0.3) is 5.78 Å². The summed E-state index contributed by atoms with van der Waals surface area (Å²) in [6, 6.07) is 10.1. The molecule has 0 amide bonds. The van der Waals surface area contributed by atoms with Crippen LogP contribution in [0, 0.1) is 0 Å². The number of ether oxygens (including phenoxy) is 1. The Kier molecular flexibility index (Phi) is 4.89. The average Bonchev–Trinajstić information content (AvgIpc) is 2.62. The van der Waals surface area contributed by atoms with Crippen LogP contribution < -0.4 is 10.2 Å². The molecule has 3 rings (SSSR count). The zero-order valence-electron chi connectivity index (χ0n) is 13.2. The summed E-state index contributed by atoms with van der Waals surface area (Å²) in [6.07, 6.45) is -3.98. The molecule has 0 aliphatic carbocycles. The lowest BCUT2D eigenvalue weighted by Crippen LogP contribution is -2.36. The molecule has 0 unspecified atom stereocenters. The number of carbonyl (C=O) groups is 1. The molecular weight excluding hydrogens is 335 g/mol. The Bertz CT molecular complexity index is 724. The van der Waals surface area contributed by atoms with Crippen LogP contribution in [0.15, 0.2) is 42.6 Å². The summed E-state index contributed by atoms with van der Waals surface area (Å²) in [6.45, 7) is 3.08. The number of ketones is 1. The van der Waals surface area contributed by atoms with Gasteiger partial charge < -0.3 is 15.0 Å². The van der Waals surface area contributed by atoms with E-state index in [0.29, 0.717) is 19.0 Å². The van der Waals surface area contributed by atoms with Gasteiger partial charge in [-0.25, -0.2) is 4.98 Å². The third kappa shape index (κ3) is 4.27. The first-order chi connectivity index (χ1) is 11.9. The molecule has 5 nitrogen and oxygen atoms in total. The van der Waals surface area contributed by atoms with Crippen molar-refractivity contribution in [1.82, 2.24) is 4.98 Å². The molecule has 0 spiro atoms. The number of morpholine rings is 1. The Hall–Kier alpha value is -2.61. The average molecular weight is 351 g/mol. The molecule has 1 aliphatic heterocycles. The lowest BCUT2D eigenvalue weighted by atomic mass is 10.2. The number of nitrogens with zero attached hydrogens (tertiary/aromatic N) is 2. The van der Waals surface area contributed by atoms with Crippen LogP contribution in [0.5, 0.6) is 0 Å². The standard InChI is InChI=1S/C17H16F3N3O2/c18-17(19,20)16(24)12-1-6-15(21-11-12)22-13-2-4-14(5-3-13)23-7-9-25-10-8-23/h1-6,11H,7-10H2,(H,21,22). The predicted octanol–water partition coefficient (Wildman–Crippen LogP) is 3.41. The van der Waals surface area contributed by atoms with E-state index >= 15 is 0 Å². The van der Waals surface area contributed by atoms with Gasteiger partial charge in [0.15, 0.2) is 0 Å². The molecule has 0 radical (unpaired) electrons. The summed E-state index contributed by atoms with van der Waals surface area (Å²) in [5, 5.41) is 2.99. The van der Waals surface area contributed by atoms with E-state index in [2.05, 4.69) is 15.2 Å². The number of halogens is 3. The van der Waals surface area contributed by atoms with Crippen molar-refractivity contribution in [2.75, 3.05) is 36.5 Å². The van der Waals surface area contributed by atoms with Crippen molar-refractivity contribution in [1.29, 1.82) is 0 Å². The highest BCUT2D eigenvalue weighted by Gasteiger charge is 2.39. The monoisotopic (exact) mass is 351 g/mol. The topological polar surface area (TPSA) is 54.5 Å². The molecule has 0 atom stereocenters. The maximum Gasteiger partial charge on any atom is 0.454 e. The van der Waals surface area contributed by atoms with Gasteiger partial charge in [-0.1, -0.05) is 0 Å². The lowest BCUT2D eigenvalue weighted by Gasteiger charge is -2.28. The second-order valence-corrected chi connectivity index (χ2v) is 5.53. The van der Waals surface area contributed by atoms with Crippen molar-refractivity contribution < 1.29 is 22.7 Å². The number of rotatable bonds is 4. The summed E-state index contributed by atoms with van der Waals surface area (Å²) in [5.41, 5.74) is 1.34. The number of alkyl halides is 3. The molecular formula is C17H16F3N3O2. The number of aromatic nitrogens is 1. The number of carbonyl (C=O) groups excluding carboxylic acids is 1. The zero-order chi connectivity index (χ0) is 17.9. The van der Waals surface area contributed by atoms with Crippen LogP contribution in [0.25, 0.3) is 0 Å². The van der Waals surface area contributed by atoms with E-state index in [1.807, 2.05) is 24.3 Å². The Morgan fingerprint density at radius 3 is 2.32 bits per heavy atom. The molecule has 2 heterocycles. The lowest BCUT2D eigenvalue weighted by molar-refractivity contribution is -0.0885. The van der Waals surface area contributed by atoms with Crippen LogP contribution in [-0.2, 0) is 4.74 Å². The third-order valence-corrected chi connectivity index (χ3v) is 3.80. The number of nitrogens with one attached hydrogen (secondary N) is 1. The molecule has 1 aromatic heterocycles. The molecule has 1 aliphatic rings. The molecule has 8 heteroatoms. The highest BCUT2D eigenvalue weighted by Crippen LogP contribution is 2.23. The van der Waals surface area contributed by atoms with E-state index in [9.17, 15) is 18.0 Å². The van der Waals surface area contributed by atoms with Crippen molar-refractivity contribution >= 4 is 23.0 Å². The third-order valence-electron chi connectivity index (χ3n) is 3.80. The first-order valence-corrected chi connectivity index (χ1v) is 7.71. The SMILES string of the molecule is O=C(c1ccc(Nc2ccc(N3CCOCC3)cc2)nc1)C(F)(F)F. The summed E-state index contributed by atoms with van der Waals surface area (Å²) < 4.78 is 42.4. The van der Waals surface area contributed by atoms with Crippen LogP contribution in [0.3, 0.4) is 0 Å². The van der Waals surface area contributed by atoms with Gasteiger partial charge in [0.1, 0.15) is 5.82 Å². The molecule has 0 saturated carbocycles. The highest BCUT2D eigenvalue weighted by atomic mass is 19.4. The minimum Gasteiger partial charge on any atom is -0.378 e. The molecule has 1 fully saturated rings. The maximum atomic E-state index is 12.4. The fourth-order valence-electron chi connectivity index (χ4n) is 2.49. The Morgan fingerprint density at radius 2 is 1.76 bits per heavy atom. The fraction of sp³-hybridized carbons (Fsp3) is 0.294. The number of hydrogen-bond acceptors (Lipinski definition) is 5. The van der Waals surface area contributed by atoms with Gasteiger partial charge in [-0.05, 0) is 36.4 Å². The highest BCUT2D eigenvalue weighted by molar-refractivity contribution is 6.00. The molecule has 2 aromatic rings. The Labute approximate surface area is 142 Å². The summed E-state index contributed by atoms with van der Waals surface area (Å²) in [7, 11) is 0. The first kappa shape index (κ1) is 17.2. The molecule has 1 N–H and O–H groups in total. The van der Waals surface area contributed by atoms with Crippen LogP contribution in [-0.4, -0.2) is 43.2 Å². The van der Waals surface area contributed by atoms with E-state index in [1.165, 1.54) is 6.07 Å². The zero-order valence-corrected chi connectivity index (χ0v) is 13.2. The van der Waals surface area contributed by atoms with Crippen LogP contribution in [0.2, 0.25) is 0 Å². The van der Waals surface area contributed by atoms with E-state index in [-0.39, 0.29) is 0 Å². The minimum atomic E-state index is -4.90. The van der Waals surface area contributed by atoms with Crippen LogP contribution >= 0.6 is 0 Å². The normalized spacial score (nSPS) is 15.1. The van der Waals surface area contributed by atoms with Crippen molar-refractivity contribution in [2.24, 2.45) is 0 Å². The second kappa shape index (κ2) is 7.10. The summed E-state index contributed by atoms with van der Waals surface area (Å²) in [4.78, 5) is 17.2. The van der Waals surface area contributed by atoms with Gasteiger partial charge in [-0.3, -0.25) is 4.79 Å². The molecule has 132 valence electrons. The Morgan fingerprint density at radius 1 is 1.08 bits per heavy atom. The van der Waals surface area contributed by atoms with E-state index in [0.717, 1.165) is 36.7 Å². The van der Waals surface area contributed by atoms with Crippen molar-refractivity contribution in [2.45, 2.75) is 6.18 Å². The van der Waals surface area contributed by atoms with Gasteiger partial charge >= 0.3 is 6.18 Å². The van der Waals surface area contributed by atoms with Gasteiger partial charge in [0.05, 0.1) is 13.2 Å². The van der Waals surface area contributed by atoms with E-state index in [1.54, 1.807) is 0 Å². The predicted molar refractivity (Wildman–Crippen MR) is 87.4 cm³/mol. The molecule has 1 saturated heterocycles. The second-order valence-electron chi connectivity index (χ2n) is 5.53. The number of benzene rings is 1. The van der Waals surface area contributed by atoms with Crippen LogP contribution in [0.1, 0.15) is 10.4 Å². The van der Waals surface area contributed by atoms with Gasteiger partial charge in [0, 0.05) is 36.2 Å². The Balaban J connectivity index is 1.65. The first-order valence-electron chi connectivity index (χ1n) is 7.71. The number of Topliss-reactive ketones (excluding diaryl/α,β-unsaturated/α-hetero) is 1. The van der Waals surface area contributed by atoms with Gasteiger partial charge in [0.2, 0.25) is 0 Å². The smallest absolute Gasteiger partial charge is 0.378 e. The molecule has 0 bridgehead atoms. The fourth-order valence-corrected chi connectivity index (χ4v) is 2.49. The van der Waals surface area contributed by atoms with Crippen molar-refractivity contribution in [3.8, 4) is 0 Å². The maximum absolute atomic E-state index is 12.4. The number of hydrogen-bond donors (Lipinski definition) is 1. The number of anilines is 3. The van der Waals surface area contributed by atoms with Crippen molar-refractivity contribution in [3.05, 3.63) is 48.2 Å².